The Balaban J connectivity index is 2.10. The lowest BCUT2D eigenvalue weighted by molar-refractivity contribution is -0.130. The van der Waals surface area contributed by atoms with Gasteiger partial charge < -0.3 is 24.6 Å². The lowest BCUT2D eigenvalue weighted by atomic mass is 10.1. The fraction of sp³-hybridized carbons (Fsp3) is 0.579. The third-order valence-corrected chi connectivity index (χ3v) is 5.79. The first-order valence-electron chi connectivity index (χ1n) is 8.96. The number of likely N-dealkylation sites (N-methyl/N-ethyl adjacent to an activating group) is 1. The SMILES string of the molecule is COc1ccc(OC)c([C@H]2S[C@H](C)C(=O)N2CCC(=O)NCCN(C)C)c1. The normalized spacial score (nSPS) is 19.5. The predicted molar refractivity (Wildman–Crippen MR) is 107 cm³/mol. The summed E-state index contributed by atoms with van der Waals surface area (Å²) in [6.45, 7) is 3.64. The van der Waals surface area contributed by atoms with Crippen LogP contribution in [0.5, 0.6) is 11.5 Å². The molecule has 1 fully saturated rings. The summed E-state index contributed by atoms with van der Waals surface area (Å²) in [7, 11) is 7.13. The van der Waals surface area contributed by atoms with Crippen molar-refractivity contribution in [2.75, 3.05) is 47.9 Å². The standard InChI is InChI=1S/C19H29N3O4S/c1-13-18(24)22(10-8-17(23)20-9-11-21(2)3)19(27-13)15-12-14(25-4)6-7-16(15)26-5/h6-7,12-13,19H,8-11H2,1-5H3,(H,20,23)/t13-,19-/m1/s1. The van der Waals surface area contributed by atoms with Crippen molar-refractivity contribution in [2.45, 2.75) is 24.0 Å². The molecular formula is C19H29N3O4S. The summed E-state index contributed by atoms with van der Waals surface area (Å²) < 4.78 is 10.8. The maximum absolute atomic E-state index is 12.7. The van der Waals surface area contributed by atoms with Gasteiger partial charge in [-0.1, -0.05) is 0 Å². The van der Waals surface area contributed by atoms with E-state index < -0.39 is 0 Å². The lowest BCUT2D eigenvalue weighted by Crippen LogP contribution is -2.36. The van der Waals surface area contributed by atoms with Crippen LogP contribution in [-0.4, -0.2) is 74.8 Å². The van der Waals surface area contributed by atoms with E-state index in [0.717, 1.165) is 12.1 Å². The van der Waals surface area contributed by atoms with Crippen LogP contribution in [0.3, 0.4) is 0 Å². The van der Waals surface area contributed by atoms with Gasteiger partial charge in [-0.2, -0.15) is 0 Å². The molecule has 1 heterocycles. The number of nitrogens with zero attached hydrogens (tertiary/aromatic N) is 2. The molecule has 0 aromatic heterocycles. The number of rotatable bonds is 9. The van der Waals surface area contributed by atoms with Crippen LogP contribution >= 0.6 is 11.8 Å². The quantitative estimate of drug-likeness (QED) is 0.687. The number of amides is 2. The third kappa shape index (κ3) is 5.52. The molecule has 0 unspecified atom stereocenters. The zero-order valence-corrected chi connectivity index (χ0v) is 17.5. The van der Waals surface area contributed by atoms with E-state index in [1.165, 1.54) is 0 Å². The molecule has 1 saturated heterocycles. The average Bonchev–Trinajstić information content (AvgIpc) is 2.93. The van der Waals surface area contributed by atoms with Gasteiger partial charge in [-0.25, -0.2) is 0 Å². The highest BCUT2D eigenvalue weighted by Crippen LogP contribution is 2.46. The lowest BCUT2D eigenvalue weighted by Gasteiger charge is -2.25. The number of ether oxygens (including phenoxy) is 2. The molecule has 2 atom stereocenters. The van der Waals surface area contributed by atoms with E-state index in [0.29, 0.717) is 24.6 Å². The second kappa shape index (κ2) is 9.85. The molecule has 0 radical (unpaired) electrons. The van der Waals surface area contributed by atoms with Crippen molar-refractivity contribution in [3.63, 3.8) is 0 Å². The van der Waals surface area contributed by atoms with Crippen molar-refractivity contribution in [2.24, 2.45) is 0 Å². The largest absolute Gasteiger partial charge is 0.497 e. The molecular weight excluding hydrogens is 366 g/mol. The molecule has 150 valence electrons. The topological polar surface area (TPSA) is 71.1 Å². The summed E-state index contributed by atoms with van der Waals surface area (Å²) in [5.41, 5.74) is 0.882. The summed E-state index contributed by atoms with van der Waals surface area (Å²) >= 11 is 1.56. The first-order chi connectivity index (χ1) is 12.9. The predicted octanol–water partition coefficient (Wildman–Crippen LogP) is 1.73. The van der Waals surface area contributed by atoms with Crippen LogP contribution < -0.4 is 14.8 Å². The van der Waals surface area contributed by atoms with Crippen molar-refractivity contribution in [3.8, 4) is 11.5 Å². The van der Waals surface area contributed by atoms with Gasteiger partial charge in [-0.15, -0.1) is 11.8 Å². The number of benzene rings is 1. The van der Waals surface area contributed by atoms with E-state index in [2.05, 4.69) is 5.32 Å². The molecule has 0 bridgehead atoms. The molecule has 1 aliphatic heterocycles. The Morgan fingerprint density at radius 2 is 2.04 bits per heavy atom. The molecule has 1 aromatic rings. The van der Waals surface area contributed by atoms with E-state index in [1.54, 1.807) is 30.9 Å². The number of carbonyl (C=O) groups excluding carboxylic acids is 2. The zero-order chi connectivity index (χ0) is 20.0. The molecule has 1 aromatic carbocycles. The van der Waals surface area contributed by atoms with Gasteiger partial charge >= 0.3 is 0 Å². The van der Waals surface area contributed by atoms with Crippen LogP contribution in [0.25, 0.3) is 0 Å². The highest BCUT2D eigenvalue weighted by atomic mass is 32.2. The fourth-order valence-electron chi connectivity index (χ4n) is 2.90. The first-order valence-corrected chi connectivity index (χ1v) is 9.91. The third-order valence-electron chi connectivity index (χ3n) is 4.41. The smallest absolute Gasteiger partial charge is 0.236 e. The van der Waals surface area contributed by atoms with Crippen LogP contribution in [0.15, 0.2) is 18.2 Å². The maximum Gasteiger partial charge on any atom is 0.236 e. The van der Waals surface area contributed by atoms with Gasteiger partial charge in [0.25, 0.3) is 0 Å². The highest BCUT2D eigenvalue weighted by Gasteiger charge is 2.39. The zero-order valence-electron chi connectivity index (χ0n) is 16.7. The van der Waals surface area contributed by atoms with Gasteiger partial charge in [-0.05, 0) is 39.2 Å². The second-order valence-corrected chi connectivity index (χ2v) is 8.10. The molecule has 27 heavy (non-hydrogen) atoms. The van der Waals surface area contributed by atoms with Crippen LogP contribution in [-0.2, 0) is 9.59 Å². The number of hydrogen-bond donors (Lipinski definition) is 1. The van der Waals surface area contributed by atoms with Gasteiger partial charge in [0.05, 0.1) is 19.5 Å². The number of carbonyl (C=O) groups is 2. The molecule has 2 rings (SSSR count). The van der Waals surface area contributed by atoms with Gasteiger partial charge in [0.1, 0.15) is 16.9 Å². The van der Waals surface area contributed by atoms with Gasteiger partial charge in [-0.3, -0.25) is 9.59 Å². The molecule has 0 aliphatic carbocycles. The van der Waals surface area contributed by atoms with Crippen molar-refractivity contribution in [3.05, 3.63) is 23.8 Å². The van der Waals surface area contributed by atoms with Crippen molar-refractivity contribution < 1.29 is 19.1 Å². The molecule has 2 amide bonds. The Morgan fingerprint density at radius 3 is 2.67 bits per heavy atom. The van der Waals surface area contributed by atoms with E-state index in [4.69, 9.17) is 9.47 Å². The Bertz CT molecular complexity index is 668. The Hall–Kier alpha value is -1.93. The van der Waals surface area contributed by atoms with Crippen LogP contribution in [0.1, 0.15) is 24.3 Å². The second-order valence-electron chi connectivity index (χ2n) is 6.67. The fourth-order valence-corrected chi connectivity index (χ4v) is 4.23. The van der Waals surface area contributed by atoms with E-state index >= 15 is 0 Å². The monoisotopic (exact) mass is 395 g/mol. The maximum atomic E-state index is 12.7. The van der Waals surface area contributed by atoms with E-state index in [1.807, 2.05) is 44.1 Å². The van der Waals surface area contributed by atoms with Gasteiger partial charge in [0.2, 0.25) is 11.8 Å². The van der Waals surface area contributed by atoms with Crippen molar-refractivity contribution >= 4 is 23.6 Å². The molecule has 1 aliphatic rings. The Kier molecular flexibility index (Phi) is 7.79. The van der Waals surface area contributed by atoms with Crippen LogP contribution in [0, 0.1) is 0 Å². The minimum absolute atomic E-state index is 0.0379. The molecule has 8 heteroatoms. The molecule has 1 N–H and O–H groups in total. The Labute approximate surface area is 165 Å². The van der Waals surface area contributed by atoms with Crippen molar-refractivity contribution in [1.29, 1.82) is 0 Å². The molecule has 0 spiro atoms. The minimum atomic E-state index is -0.202. The first kappa shape index (κ1) is 21.4. The van der Waals surface area contributed by atoms with E-state index in [-0.39, 0.29) is 28.9 Å². The van der Waals surface area contributed by atoms with Crippen LogP contribution in [0.2, 0.25) is 0 Å². The summed E-state index contributed by atoms with van der Waals surface area (Å²) in [4.78, 5) is 28.5. The number of methoxy groups -OCH3 is 2. The summed E-state index contributed by atoms with van der Waals surface area (Å²) in [6.07, 6.45) is 0.273. The van der Waals surface area contributed by atoms with E-state index in [9.17, 15) is 9.59 Å². The van der Waals surface area contributed by atoms with Crippen LogP contribution in [0.4, 0.5) is 0 Å². The summed E-state index contributed by atoms with van der Waals surface area (Å²) in [6, 6.07) is 5.57. The highest BCUT2D eigenvalue weighted by molar-refractivity contribution is 8.01. The number of nitrogens with one attached hydrogen (secondary N) is 1. The summed E-state index contributed by atoms with van der Waals surface area (Å²) in [5, 5.41) is 2.52. The van der Waals surface area contributed by atoms with Crippen molar-refractivity contribution in [1.82, 2.24) is 15.1 Å². The Morgan fingerprint density at radius 1 is 1.30 bits per heavy atom. The van der Waals surface area contributed by atoms with Gasteiger partial charge in [0, 0.05) is 31.6 Å². The number of thioether (sulfide) groups is 1. The minimum Gasteiger partial charge on any atom is -0.497 e. The average molecular weight is 396 g/mol. The number of hydrogen-bond acceptors (Lipinski definition) is 6. The molecule has 0 saturated carbocycles. The van der Waals surface area contributed by atoms with Gasteiger partial charge in [0.15, 0.2) is 0 Å². The molecule has 7 nitrogen and oxygen atoms in total. The summed E-state index contributed by atoms with van der Waals surface area (Å²) in [5.74, 6) is 1.40.